The fourth-order valence-corrected chi connectivity index (χ4v) is 2.35. The maximum atomic E-state index is 11.9. The van der Waals surface area contributed by atoms with Gasteiger partial charge < -0.3 is 14.2 Å². The summed E-state index contributed by atoms with van der Waals surface area (Å²) in [6.07, 6.45) is 0.842. The van der Waals surface area contributed by atoms with Crippen molar-refractivity contribution in [2.75, 3.05) is 0 Å². The lowest BCUT2D eigenvalue weighted by molar-refractivity contribution is -0.147. The van der Waals surface area contributed by atoms with Crippen LogP contribution in [0.1, 0.15) is 20.3 Å². The molecule has 0 heterocycles. The summed E-state index contributed by atoms with van der Waals surface area (Å²) in [7, 11) is -4.70. The van der Waals surface area contributed by atoms with Crippen LogP contribution >= 0.6 is 7.82 Å². The van der Waals surface area contributed by atoms with Crippen molar-refractivity contribution in [3.05, 3.63) is 36.9 Å². The lowest BCUT2D eigenvalue weighted by Gasteiger charge is -2.22. The molecule has 0 spiro atoms. The number of allylic oxidation sites excluding steroid dienone is 1. The van der Waals surface area contributed by atoms with Crippen LogP contribution in [-0.2, 0) is 18.7 Å². The molecule has 0 aliphatic carbocycles. The molecule has 0 aliphatic rings. The highest BCUT2D eigenvalue weighted by atomic mass is 31.2. The molecule has 1 rings (SSSR count). The van der Waals surface area contributed by atoms with E-state index < -0.39 is 25.0 Å². The first-order valence-electron chi connectivity index (χ1n) is 6.26. The molecule has 1 aromatic rings. The van der Waals surface area contributed by atoms with E-state index in [0.29, 0.717) is 0 Å². The zero-order chi connectivity index (χ0) is 17.0. The molecule has 0 amide bonds. The van der Waals surface area contributed by atoms with Crippen molar-refractivity contribution in [2.24, 2.45) is 5.41 Å². The van der Waals surface area contributed by atoms with Gasteiger partial charge in [-0.3, -0.25) is 14.5 Å². The van der Waals surface area contributed by atoms with Gasteiger partial charge >= 0.3 is 13.8 Å². The highest BCUT2D eigenvalue weighted by Gasteiger charge is 2.38. The Balaban J connectivity index is 2.76. The normalized spacial score (nSPS) is 13.8. The molecule has 120 valence electrons. The number of phenolic OH excluding ortho intramolecular Hbond substituents is 1. The zero-order valence-electron chi connectivity index (χ0n) is 12.2. The minimum absolute atomic E-state index is 0.0545. The highest BCUT2D eigenvalue weighted by Crippen LogP contribution is 2.46. The number of phenols is 1. The molecule has 0 bridgehead atoms. The predicted octanol–water partition coefficient (Wildman–Crippen LogP) is 2.59. The van der Waals surface area contributed by atoms with Crippen LogP contribution in [-0.4, -0.2) is 21.8 Å². The van der Waals surface area contributed by atoms with Gasteiger partial charge in [0.15, 0.2) is 5.78 Å². The van der Waals surface area contributed by atoms with E-state index in [4.69, 9.17) is 9.63 Å². The van der Waals surface area contributed by atoms with E-state index in [2.05, 4.69) is 11.1 Å². The third kappa shape index (κ3) is 5.35. The SMILES string of the molecule is C=CC(=O)CC(C)(C)C(=O)OP(=O)(O)Oc1ccc(O)cc1. The number of carbonyl (C=O) groups is 2. The average Bonchev–Trinajstić information content (AvgIpc) is 2.40. The molecule has 0 radical (unpaired) electrons. The number of benzene rings is 1. The largest absolute Gasteiger partial charge is 0.587 e. The van der Waals surface area contributed by atoms with E-state index in [1.165, 1.54) is 38.1 Å². The first-order chi connectivity index (χ1) is 10.1. The molecule has 0 saturated carbocycles. The van der Waals surface area contributed by atoms with Crippen molar-refractivity contribution in [3.8, 4) is 11.5 Å². The van der Waals surface area contributed by atoms with Crippen LogP contribution in [0.4, 0.5) is 0 Å². The smallest absolute Gasteiger partial charge is 0.508 e. The van der Waals surface area contributed by atoms with E-state index >= 15 is 0 Å². The van der Waals surface area contributed by atoms with Crippen LogP contribution < -0.4 is 4.52 Å². The summed E-state index contributed by atoms with van der Waals surface area (Å²) in [5, 5.41) is 9.10. The Kier molecular flexibility index (Phi) is 5.52. The van der Waals surface area contributed by atoms with E-state index in [-0.39, 0.29) is 17.9 Å². The number of carbonyl (C=O) groups excluding carboxylic acids is 2. The second kappa shape index (κ2) is 6.77. The summed E-state index contributed by atoms with van der Waals surface area (Å²) in [4.78, 5) is 32.8. The van der Waals surface area contributed by atoms with Gasteiger partial charge in [0.2, 0.25) is 0 Å². The molecule has 0 fully saturated rings. The molecule has 7 nitrogen and oxygen atoms in total. The van der Waals surface area contributed by atoms with Crippen molar-refractivity contribution in [1.82, 2.24) is 0 Å². The van der Waals surface area contributed by atoms with Crippen LogP contribution in [0.5, 0.6) is 11.5 Å². The number of hydrogen-bond acceptors (Lipinski definition) is 6. The van der Waals surface area contributed by atoms with E-state index in [1.54, 1.807) is 0 Å². The summed E-state index contributed by atoms with van der Waals surface area (Å²) in [6, 6.07) is 4.95. The third-order valence-electron chi connectivity index (χ3n) is 2.65. The summed E-state index contributed by atoms with van der Waals surface area (Å²) >= 11 is 0. The monoisotopic (exact) mass is 328 g/mol. The fourth-order valence-electron chi connectivity index (χ4n) is 1.47. The summed E-state index contributed by atoms with van der Waals surface area (Å²) in [5.41, 5.74) is -1.30. The van der Waals surface area contributed by atoms with E-state index in [0.717, 1.165) is 6.08 Å². The van der Waals surface area contributed by atoms with Crippen LogP contribution in [0.15, 0.2) is 36.9 Å². The molecule has 0 aromatic heterocycles. The first-order valence-corrected chi connectivity index (χ1v) is 7.76. The Labute approximate surface area is 127 Å². The number of rotatable bonds is 7. The van der Waals surface area contributed by atoms with Gasteiger partial charge in [-0.25, -0.2) is 4.57 Å². The maximum Gasteiger partial charge on any atom is 0.587 e. The second-order valence-electron chi connectivity index (χ2n) is 5.16. The Hall–Kier alpha value is -2.11. The maximum absolute atomic E-state index is 11.9. The fraction of sp³-hybridized carbons (Fsp3) is 0.286. The quantitative estimate of drug-likeness (QED) is 0.584. The number of phosphoric ester groups is 1. The van der Waals surface area contributed by atoms with Crippen LogP contribution in [0.3, 0.4) is 0 Å². The van der Waals surface area contributed by atoms with Crippen molar-refractivity contribution >= 4 is 19.6 Å². The molecule has 1 atom stereocenters. The molecule has 1 unspecified atom stereocenters. The molecule has 2 N–H and O–H groups in total. The van der Waals surface area contributed by atoms with Gasteiger partial charge in [0.05, 0.1) is 5.41 Å². The summed E-state index contributed by atoms with van der Waals surface area (Å²) < 4.78 is 21.0. The number of aromatic hydroxyl groups is 1. The number of phosphoric acid groups is 1. The van der Waals surface area contributed by atoms with Gasteiger partial charge in [0, 0.05) is 6.42 Å². The molecule has 0 saturated heterocycles. The Bertz CT molecular complexity index is 619. The highest BCUT2D eigenvalue weighted by molar-refractivity contribution is 7.48. The minimum atomic E-state index is -4.70. The Morgan fingerprint density at radius 3 is 2.36 bits per heavy atom. The van der Waals surface area contributed by atoms with Crippen molar-refractivity contribution < 1.29 is 33.2 Å². The first kappa shape index (κ1) is 17.9. The molecular formula is C14H17O7P. The van der Waals surface area contributed by atoms with Gasteiger partial charge in [0.1, 0.15) is 11.5 Å². The summed E-state index contributed by atoms with van der Waals surface area (Å²) in [5.74, 6) is -1.56. The van der Waals surface area contributed by atoms with Gasteiger partial charge in [-0.05, 0) is 44.2 Å². The van der Waals surface area contributed by atoms with Crippen molar-refractivity contribution in [1.29, 1.82) is 0 Å². The standard InChI is InChI=1S/C14H17O7P/c1-4-10(15)9-14(2,3)13(17)21-22(18,19)20-12-7-5-11(16)6-8-12/h4-8,16H,1,9H2,2-3H3,(H,18,19). The number of ketones is 1. The van der Waals surface area contributed by atoms with Crippen LogP contribution in [0.2, 0.25) is 0 Å². The van der Waals surface area contributed by atoms with Gasteiger partial charge in [-0.2, -0.15) is 0 Å². The lowest BCUT2D eigenvalue weighted by Crippen LogP contribution is -2.28. The van der Waals surface area contributed by atoms with Gasteiger partial charge in [-0.15, -0.1) is 0 Å². The van der Waals surface area contributed by atoms with Crippen molar-refractivity contribution in [2.45, 2.75) is 20.3 Å². The Morgan fingerprint density at radius 1 is 1.32 bits per heavy atom. The number of hydrogen-bond donors (Lipinski definition) is 2. The van der Waals surface area contributed by atoms with Crippen molar-refractivity contribution in [3.63, 3.8) is 0 Å². The lowest BCUT2D eigenvalue weighted by atomic mass is 9.87. The third-order valence-corrected chi connectivity index (χ3v) is 3.49. The zero-order valence-corrected chi connectivity index (χ0v) is 13.1. The van der Waals surface area contributed by atoms with Crippen LogP contribution in [0.25, 0.3) is 0 Å². The van der Waals surface area contributed by atoms with Gasteiger partial charge in [0.25, 0.3) is 0 Å². The topological polar surface area (TPSA) is 110 Å². The minimum Gasteiger partial charge on any atom is -0.508 e. The molecular weight excluding hydrogens is 311 g/mol. The molecule has 22 heavy (non-hydrogen) atoms. The van der Waals surface area contributed by atoms with E-state index in [9.17, 15) is 19.0 Å². The van der Waals surface area contributed by atoms with E-state index in [1.807, 2.05) is 0 Å². The second-order valence-corrected chi connectivity index (χ2v) is 6.47. The Morgan fingerprint density at radius 2 is 1.86 bits per heavy atom. The molecule has 0 aliphatic heterocycles. The predicted molar refractivity (Wildman–Crippen MR) is 78.3 cm³/mol. The van der Waals surface area contributed by atoms with Crippen LogP contribution in [0, 0.1) is 5.41 Å². The average molecular weight is 328 g/mol. The molecule has 1 aromatic carbocycles. The summed E-state index contributed by atoms with van der Waals surface area (Å²) in [6.45, 7) is 6.09. The van der Waals surface area contributed by atoms with Gasteiger partial charge in [-0.1, -0.05) is 6.58 Å². The molecule has 8 heteroatoms.